The van der Waals surface area contributed by atoms with Gasteiger partial charge in [0.1, 0.15) is 0 Å². The van der Waals surface area contributed by atoms with Gasteiger partial charge < -0.3 is 16.0 Å². The minimum Gasteiger partial charge on any atom is -0.362 e. The van der Waals surface area contributed by atoms with E-state index in [2.05, 4.69) is 16.0 Å². The van der Waals surface area contributed by atoms with E-state index in [9.17, 15) is 4.79 Å². The van der Waals surface area contributed by atoms with Crippen molar-refractivity contribution in [3.05, 3.63) is 30.3 Å². The number of anilines is 1. The van der Waals surface area contributed by atoms with E-state index in [4.69, 9.17) is 12.2 Å². The van der Waals surface area contributed by atoms with Crippen LogP contribution < -0.4 is 16.0 Å². The van der Waals surface area contributed by atoms with Gasteiger partial charge in [0, 0.05) is 25.7 Å². The fraction of sp³-hybridized carbons (Fsp3) is 0.333. The van der Waals surface area contributed by atoms with Crippen LogP contribution in [0.25, 0.3) is 0 Å². The molecular formula is C12H17N3OS. The van der Waals surface area contributed by atoms with Crippen molar-refractivity contribution in [2.45, 2.75) is 13.3 Å². The Labute approximate surface area is 107 Å². The van der Waals surface area contributed by atoms with Gasteiger partial charge in [-0.2, -0.15) is 0 Å². The summed E-state index contributed by atoms with van der Waals surface area (Å²) in [6.07, 6.45) is 0.843. The number of nitrogens with one attached hydrogen (secondary N) is 3. The standard InChI is InChI=1S/C12H17N3OS/c1-10(16)13-8-5-9-14-12(17)15-11-6-3-2-4-7-11/h2-4,6-7H,5,8-9H2,1H3,(H,13,16)(H2,14,15,17). The maximum absolute atomic E-state index is 10.6. The highest BCUT2D eigenvalue weighted by Gasteiger charge is 1.96. The van der Waals surface area contributed by atoms with E-state index in [1.54, 1.807) is 0 Å². The summed E-state index contributed by atoms with van der Waals surface area (Å²) in [6.45, 7) is 2.91. The lowest BCUT2D eigenvalue weighted by Gasteiger charge is -2.10. The van der Waals surface area contributed by atoms with Gasteiger partial charge in [0.25, 0.3) is 0 Å². The van der Waals surface area contributed by atoms with Gasteiger partial charge in [-0.3, -0.25) is 4.79 Å². The van der Waals surface area contributed by atoms with Crippen LogP contribution in [0, 0.1) is 0 Å². The third-order valence-electron chi connectivity index (χ3n) is 2.04. The summed E-state index contributed by atoms with van der Waals surface area (Å²) in [5.41, 5.74) is 0.965. The fourth-order valence-corrected chi connectivity index (χ4v) is 1.47. The Hall–Kier alpha value is -1.62. The largest absolute Gasteiger partial charge is 0.362 e. The molecule has 92 valence electrons. The summed E-state index contributed by atoms with van der Waals surface area (Å²) >= 11 is 5.13. The summed E-state index contributed by atoms with van der Waals surface area (Å²) in [6, 6.07) is 9.75. The van der Waals surface area contributed by atoms with Gasteiger partial charge in [-0.1, -0.05) is 18.2 Å². The molecule has 0 aliphatic carbocycles. The van der Waals surface area contributed by atoms with Crippen LogP contribution in [0.4, 0.5) is 5.69 Å². The molecule has 0 radical (unpaired) electrons. The first kappa shape index (κ1) is 13.4. The highest BCUT2D eigenvalue weighted by molar-refractivity contribution is 7.80. The Balaban J connectivity index is 2.12. The minimum atomic E-state index is -0.00464. The lowest BCUT2D eigenvalue weighted by molar-refractivity contribution is -0.118. The Kier molecular flexibility index (Phi) is 6.03. The van der Waals surface area contributed by atoms with Crippen molar-refractivity contribution >= 4 is 28.9 Å². The normalized spacial score (nSPS) is 9.47. The molecule has 1 amide bonds. The second kappa shape index (κ2) is 7.62. The van der Waals surface area contributed by atoms with E-state index in [0.717, 1.165) is 18.7 Å². The van der Waals surface area contributed by atoms with Crippen molar-refractivity contribution in [1.29, 1.82) is 0 Å². The van der Waals surface area contributed by atoms with Crippen LogP contribution in [0.5, 0.6) is 0 Å². The van der Waals surface area contributed by atoms with Gasteiger partial charge in [0.15, 0.2) is 5.11 Å². The number of hydrogen-bond donors (Lipinski definition) is 3. The molecule has 0 aliphatic rings. The summed E-state index contributed by atoms with van der Waals surface area (Å²) < 4.78 is 0. The van der Waals surface area contributed by atoms with Crippen molar-refractivity contribution in [3.8, 4) is 0 Å². The fourth-order valence-electron chi connectivity index (χ4n) is 1.25. The van der Waals surface area contributed by atoms with Crippen LogP contribution in [0.1, 0.15) is 13.3 Å². The molecule has 0 aliphatic heterocycles. The van der Waals surface area contributed by atoms with E-state index < -0.39 is 0 Å². The molecule has 0 saturated carbocycles. The van der Waals surface area contributed by atoms with Gasteiger partial charge >= 0.3 is 0 Å². The smallest absolute Gasteiger partial charge is 0.216 e. The first-order valence-corrected chi connectivity index (χ1v) is 5.93. The highest BCUT2D eigenvalue weighted by atomic mass is 32.1. The van der Waals surface area contributed by atoms with Crippen LogP contribution >= 0.6 is 12.2 Å². The molecule has 1 rings (SSSR count). The first-order valence-electron chi connectivity index (χ1n) is 5.53. The second-order valence-electron chi connectivity index (χ2n) is 3.58. The van der Waals surface area contributed by atoms with E-state index in [1.165, 1.54) is 6.92 Å². The van der Waals surface area contributed by atoms with E-state index in [-0.39, 0.29) is 5.91 Å². The molecule has 0 fully saturated rings. The zero-order valence-electron chi connectivity index (χ0n) is 9.82. The highest BCUT2D eigenvalue weighted by Crippen LogP contribution is 2.03. The first-order chi connectivity index (χ1) is 8.18. The molecule has 0 bridgehead atoms. The van der Waals surface area contributed by atoms with Crippen molar-refractivity contribution in [2.24, 2.45) is 0 Å². The number of para-hydroxylation sites is 1. The van der Waals surface area contributed by atoms with Crippen LogP contribution in [-0.4, -0.2) is 24.1 Å². The Morgan fingerprint density at radius 1 is 1.18 bits per heavy atom. The summed E-state index contributed by atoms with van der Waals surface area (Å²) in [5.74, 6) is -0.00464. The van der Waals surface area contributed by atoms with Crippen LogP contribution in [0.15, 0.2) is 30.3 Å². The van der Waals surface area contributed by atoms with Crippen molar-refractivity contribution in [3.63, 3.8) is 0 Å². The minimum absolute atomic E-state index is 0.00464. The van der Waals surface area contributed by atoms with Gasteiger partial charge in [0.2, 0.25) is 5.91 Å². The summed E-state index contributed by atoms with van der Waals surface area (Å²) in [7, 11) is 0. The van der Waals surface area contributed by atoms with Crippen molar-refractivity contribution in [2.75, 3.05) is 18.4 Å². The number of carbonyl (C=O) groups is 1. The Bertz CT molecular complexity index is 367. The maximum atomic E-state index is 10.6. The molecular weight excluding hydrogens is 234 g/mol. The lowest BCUT2D eigenvalue weighted by atomic mass is 10.3. The zero-order valence-corrected chi connectivity index (χ0v) is 10.6. The number of hydrogen-bond acceptors (Lipinski definition) is 2. The molecule has 0 heterocycles. The topological polar surface area (TPSA) is 53.2 Å². The van der Waals surface area contributed by atoms with Gasteiger partial charge in [-0.05, 0) is 30.8 Å². The Morgan fingerprint density at radius 2 is 1.82 bits per heavy atom. The maximum Gasteiger partial charge on any atom is 0.216 e. The third-order valence-corrected chi connectivity index (χ3v) is 2.29. The molecule has 0 aromatic heterocycles. The predicted molar refractivity (Wildman–Crippen MR) is 74.0 cm³/mol. The molecule has 17 heavy (non-hydrogen) atoms. The number of thiocarbonyl (C=S) groups is 1. The molecule has 5 heteroatoms. The Morgan fingerprint density at radius 3 is 2.47 bits per heavy atom. The van der Waals surface area contributed by atoms with Gasteiger partial charge in [-0.25, -0.2) is 0 Å². The van der Waals surface area contributed by atoms with Crippen LogP contribution in [0.2, 0.25) is 0 Å². The van der Waals surface area contributed by atoms with E-state index in [0.29, 0.717) is 11.7 Å². The van der Waals surface area contributed by atoms with Crippen LogP contribution in [-0.2, 0) is 4.79 Å². The van der Waals surface area contributed by atoms with E-state index >= 15 is 0 Å². The molecule has 3 N–H and O–H groups in total. The molecule has 0 spiro atoms. The number of carbonyl (C=O) groups excluding carboxylic acids is 1. The second-order valence-corrected chi connectivity index (χ2v) is 3.99. The summed E-state index contributed by atoms with van der Waals surface area (Å²) in [4.78, 5) is 10.6. The SMILES string of the molecule is CC(=O)NCCCNC(=S)Nc1ccccc1. The van der Waals surface area contributed by atoms with Crippen molar-refractivity contribution < 1.29 is 4.79 Å². The molecule has 0 unspecified atom stereocenters. The summed E-state index contributed by atoms with van der Waals surface area (Å²) in [5, 5.41) is 9.47. The number of amides is 1. The monoisotopic (exact) mass is 251 g/mol. The number of benzene rings is 1. The third kappa shape index (κ3) is 6.52. The zero-order chi connectivity index (χ0) is 12.5. The van der Waals surface area contributed by atoms with Crippen LogP contribution in [0.3, 0.4) is 0 Å². The van der Waals surface area contributed by atoms with Gasteiger partial charge in [-0.15, -0.1) is 0 Å². The van der Waals surface area contributed by atoms with Crippen molar-refractivity contribution in [1.82, 2.24) is 10.6 Å². The molecule has 1 aromatic rings. The average Bonchev–Trinajstić information content (AvgIpc) is 2.29. The average molecular weight is 251 g/mol. The molecule has 0 saturated heterocycles. The van der Waals surface area contributed by atoms with Gasteiger partial charge in [0.05, 0.1) is 0 Å². The molecule has 4 nitrogen and oxygen atoms in total. The lowest BCUT2D eigenvalue weighted by Crippen LogP contribution is -2.31. The molecule has 1 aromatic carbocycles. The molecule has 0 atom stereocenters. The van der Waals surface area contributed by atoms with E-state index in [1.807, 2.05) is 30.3 Å². The number of rotatable bonds is 5. The quantitative estimate of drug-likeness (QED) is 0.548. The predicted octanol–water partition coefficient (Wildman–Crippen LogP) is 1.50.